The van der Waals surface area contributed by atoms with Crippen molar-refractivity contribution in [1.29, 1.82) is 5.26 Å². The normalized spacial score (nSPS) is 21.6. The lowest BCUT2D eigenvalue weighted by molar-refractivity contribution is -0.141. The van der Waals surface area contributed by atoms with Crippen LogP contribution in [0.2, 0.25) is 0 Å². The van der Waals surface area contributed by atoms with Gasteiger partial charge in [0, 0.05) is 0 Å². The molecule has 2 unspecified atom stereocenters. The number of carbonyl (C=O) groups excluding carboxylic acids is 4. The Labute approximate surface area is 170 Å². The van der Waals surface area contributed by atoms with E-state index >= 15 is 0 Å². The minimum Gasteiger partial charge on any atom is -0.468 e. The number of nitriles is 1. The van der Waals surface area contributed by atoms with Gasteiger partial charge in [0.1, 0.15) is 24.3 Å². The van der Waals surface area contributed by atoms with Gasteiger partial charge >= 0.3 is 12.1 Å². The van der Waals surface area contributed by atoms with Gasteiger partial charge < -0.3 is 25.0 Å². The van der Waals surface area contributed by atoms with Crippen LogP contribution in [0, 0.1) is 17.2 Å². The van der Waals surface area contributed by atoms with Gasteiger partial charge in [-0.05, 0) is 40.0 Å². The van der Waals surface area contributed by atoms with Gasteiger partial charge in [0.2, 0.25) is 11.4 Å². The molecule has 0 aromatic carbocycles. The van der Waals surface area contributed by atoms with E-state index < -0.39 is 53.6 Å². The molecule has 1 saturated heterocycles. The zero-order chi connectivity index (χ0) is 22.6. The number of amides is 3. The van der Waals surface area contributed by atoms with E-state index in [0.717, 1.165) is 4.90 Å². The third-order valence-corrected chi connectivity index (χ3v) is 4.28. The summed E-state index contributed by atoms with van der Waals surface area (Å²) in [5, 5.41) is 14.5. The van der Waals surface area contributed by atoms with Gasteiger partial charge in [0.15, 0.2) is 0 Å². The number of esters is 1. The monoisotopic (exact) mass is 410 g/mol. The van der Waals surface area contributed by atoms with Crippen molar-refractivity contribution < 1.29 is 28.7 Å². The molecule has 3 amide bonds. The maximum atomic E-state index is 12.9. The number of nitrogens with one attached hydrogen (secondary N) is 2. The molecule has 0 aromatic rings. The molecule has 1 heterocycles. The molecule has 2 N–H and O–H groups in total. The first-order valence-electron chi connectivity index (χ1n) is 9.39. The SMILES string of the molecule is COC(=O)CNC(=O)C1(C#N)C(CC(C)C)N1C(=O)[C@H](C)NC(=O)OC(C)(C)C. The lowest BCUT2D eigenvalue weighted by Crippen LogP contribution is -2.48. The molecule has 0 aliphatic carbocycles. The molecular weight excluding hydrogens is 380 g/mol. The second-order valence-electron chi connectivity index (χ2n) is 8.36. The van der Waals surface area contributed by atoms with E-state index in [-0.39, 0.29) is 5.92 Å². The van der Waals surface area contributed by atoms with Crippen LogP contribution in [0.5, 0.6) is 0 Å². The summed E-state index contributed by atoms with van der Waals surface area (Å²) >= 11 is 0. The highest BCUT2D eigenvalue weighted by atomic mass is 16.6. The summed E-state index contributed by atoms with van der Waals surface area (Å²) in [6.07, 6.45) is -0.372. The molecule has 1 aliphatic rings. The summed E-state index contributed by atoms with van der Waals surface area (Å²) in [6.45, 7) is 9.90. The highest BCUT2D eigenvalue weighted by Crippen LogP contribution is 2.45. The molecule has 0 spiro atoms. The zero-order valence-corrected chi connectivity index (χ0v) is 18.0. The molecule has 0 aromatic heterocycles. The molecule has 1 fully saturated rings. The smallest absolute Gasteiger partial charge is 0.408 e. The van der Waals surface area contributed by atoms with Gasteiger partial charge in [-0.1, -0.05) is 13.8 Å². The van der Waals surface area contributed by atoms with Gasteiger partial charge in [-0.2, -0.15) is 5.26 Å². The summed E-state index contributed by atoms with van der Waals surface area (Å²) in [5.41, 5.74) is -2.48. The Hall–Kier alpha value is -2.83. The minimum atomic E-state index is -1.74. The average Bonchev–Trinajstić information content (AvgIpc) is 3.23. The van der Waals surface area contributed by atoms with Crippen molar-refractivity contribution in [3.63, 3.8) is 0 Å². The van der Waals surface area contributed by atoms with Crippen LogP contribution in [0.4, 0.5) is 4.79 Å². The molecule has 29 heavy (non-hydrogen) atoms. The van der Waals surface area contributed by atoms with Crippen molar-refractivity contribution in [1.82, 2.24) is 15.5 Å². The fourth-order valence-electron chi connectivity index (χ4n) is 2.95. The number of ether oxygens (including phenoxy) is 2. The zero-order valence-electron chi connectivity index (χ0n) is 18.0. The summed E-state index contributed by atoms with van der Waals surface area (Å²) in [4.78, 5) is 50.0. The second kappa shape index (κ2) is 9.11. The van der Waals surface area contributed by atoms with E-state index in [4.69, 9.17) is 4.74 Å². The third-order valence-electron chi connectivity index (χ3n) is 4.28. The average molecular weight is 410 g/mol. The molecule has 3 atom stereocenters. The van der Waals surface area contributed by atoms with Crippen LogP contribution >= 0.6 is 0 Å². The number of nitrogens with zero attached hydrogens (tertiary/aromatic N) is 2. The summed E-state index contributed by atoms with van der Waals surface area (Å²) < 4.78 is 9.61. The Kier molecular flexibility index (Phi) is 7.61. The topological polar surface area (TPSA) is 138 Å². The van der Waals surface area contributed by atoms with Gasteiger partial charge in [-0.25, -0.2) is 4.79 Å². The standard InChI is InChI=1S/C19H30N4O6/c1-11(2)8-13-19(10-20,16(26)21-9-14(24)28-7)23(13)15(25)12(3)22-17(27)29-18(4,5)6/h11-13H,8-9H2,1-7H3,(H,21,26)(H,22,27)/t12-,13?,19?,23?/m0/s1. The highest BCUT2D eigenvalue weighted by molar-refractivity contribution is 6.03. The van der Waals surface area contributed by atoms with E-state index in [2.05, 4.69) is 15.4 Å². The number of rotatable bonds is 7. The van der Waals surface area contributed by atoms with E-state index in [1.54, 1.807) is 20.8 Å². The molecular formula is C19H30N4O6. The van der Waals surface area contributed by atoms with Crippen molar-refractivity contribution in [2.75, 3.05) is 13.7 Å². The summed E-state index contributed by atoms with van der Waals surface area (Å²) in [6, 6.07) is 0.247. The van der Waals surface area contributed by atoms with Crippen LogP contribution in [0.15, 0.2) is 0 Å². The van der Waals surface area contributed by atoms with Crippen LogP contribution in [-0.4, -0.2) is 65.7 Å². The van der Waals surface area contributed by atoms with Crippen molar-refractivity contribution in [2.45, 2.75) is 71.2 Å². The predicted molar refractivity (Wildman–Crippen MR) is 102 cm³/mol. The molecule has 0 radical (unpaired) electrons. The molecule has 10 heteroatoms. The Morgan fingerprint density at radius 2 is 1.79 bits per heavy atom. The Morgan fingerprint density at radius 3 is 2.24 bits per heavy atom. The number of hydrogen-bond acceptors (Lipinski definition) is 7. The third kappa shape index (κ3) is 5.82. The minimum absolute atomic E-state index is 0.105. The number of methoxy groups -OCH3 is 1. The van der Waals surface area contributed by atoms with Crippen LogP contribution in [0.1, 0.15) is 48.0 Å². The fraction of sp³-hybridized carbons (Fsp3) is 0.737. The summed E-state index contributed by atoms with van der Waals surface area (Å²) in [5.74, 6) is -1.91. The van der Waals surface area contributed by atoms with Crippen LogP contribution < -0.4 is 10.6 Å². The van der Waals surface area contributed by atoms with E-state index in [1.807, 2.05) is 19.9 Å². The van der Waals surface area contributed by atoms with Gasteiger partial charge in [-0.15, -0.1) is 0 Å². The predicted octanol–water partition coefficient (Wildman–Crippen LogP) is 0.708. The van der Waals surface area contributed by atoms with Crippen molar-refractivity contribution in [3.05, 3.63) is 0 Å². The fourth-order valence-corrected chi connectivity index (χ4v) is 2.95. The number of carbonyl (C=O) groups is 4. The Morgan fingerprint density at radius 1 is 1.21 bits per heavy atom. The molecule has 162 valence electrons. The van der Waals surface area contributed by atoms with Crippen molar-refractivity contribution in [3.8, 4) is 6.07 Å². The molecule has 0 saturated carbocycles. The summed E-state index contributed by atoms with van der Waals surface area (Å²) in [7, 11) is 1.17. The number of alkyl carbamates (subject to hydrolysis) is 1. The lowest BCUT2D eigenvalue weighted by Gasteiger charge is -2.22. The van der Waals surface area contributed by atoms with E-state index in [0.29, 0.717) is 6.42 Å². The molecule has 1 rings (SSSR count). The maximum absolute atomic E-state index is 12.9. The second-order valence-corrected chi connectivity index (χ2v) is 8.36. The van der Waals surface area contributed by atoms with Crippen molar-refractivity contribution in [2.24, 2.45) is 5.92 Å². The first-order chi connectivity index (χ1) is 13.3. The number of hydrogen-bond donors (Lipinski definition) is 2. The molecule has 1 aliphatic heterocycles. The van der Waals surface area contributed by atoms with Crippen LogP contribution in [0.3, 0.4) is 0 Å². The largest absolute Gasteiger partial charge is 0.468 e. The first-order valence-corrected chi connectivity index (χ1v) is 9.39. The van der Waals surface area contributed by atoms with Gasteiger partial charge in [-0.3, -0.25) is 14.4 Å². The Bertz CT molecular complexity index is 708. The highest BCUT2D eigenvalue weighted by Gasteiger charge is 2.71. The van der Waals surface area contributed by atoms with Crippen molar-refractivity contribution >= 4 is 23.9 Å². The van der Waals surface area contributed by atoms with Crippen LogP contribution in [-0.2, 0) is 23.9 Å². The van der Waals surface area contributed by atoms with Crippen LogP contribution in [0.25, 0.3) is 0 Å². The van der Waals surface area contributed by atoms with E-state index in [1.165, 1.54) is 14.0 Å². The quantitative estimate of drug-likeness (QED) is 0.465. The maximum Gasteiger partial charge on any atom is 0.408 e. The molecule has 0 bridgehead atoms. The van der Waals surface area contributed by atoms with Gasteiger partial charge in [0.05, 0.1) is 13.2 Å². The first kappa shape index (κ1) is 24.2. The van der Waals surface area contributed by atoms with E-state index in [9.17, 15) is 24.4 Å². The Balaban J connectivity index is 2.98. The lowest BCUT2D eigenvalue weighted by atomic mass is 9.98. The molecule has 10 nitrogen and oxygen atoms in total. The van der Waals surface area contributed by atoms with Gasteiger partial charge in [0.25, 0.3) is 5.91 Å².